The van der Waals surface area contributed by atoms with E-state index in [4.69, 9.17) is 0 Å². The molecule has 0 saturated heterocycles. The Morgan fingerprint density at radius 2 is 1.86 bits per heavy atom. The van der Waals surface area contributed by atoms with Crippen LogP contribution in [0.5, 0.6) is 0 Å². The molecule has 2 heterocycles. The molecule has 4 heteroatoms. The zero-order chi connectivity index (χ0) is 15.9. The van der Waals surface area contributed by atoms with E-state index in [1.807, 2.05) is 39.0 Å². The molecule has 3 aromatic rings. The SMILES string of the molecule is Cc1ccc(C(=O)c2cnn3c(C)cc(C)c(C#N)c23)cc1. The van der Waals surface area contributed by atoms with Gasteiger partial charge in [0.15, 0.2) is 5.78 Å². The lowest BCUT2D eigenvalue weighted by atomic mass is 10.00. The minimum Gasteiger partial charge on any atom is -0.288 e. The van der Waals surface area contributed by atoms with Gasteiger partial charge in [-0.2, -0.15) is 10.4 Å². The highest BCUT2D eigenvalue weighted by molar-refractivity contribution is 6.13. The number of carbonyl (C=O) groups is 1. The number of nitrogens with zero attached hydrogens (tertiary/aromatic N) is 3. The second-order valence-electron chi connectivity index (χ2n) is 5.47. The molecule has 0 spiro atoms. The summed E-state index contributed by atoms with van der Waals surface area (Å²) in [4.78, 5) is 12.8. The summed E-state index contributed by atoms with van der Waals surface area (Å²) in [6.45, 7) is 5.76. The van der Waals surface area contributed by atoms with Crippen LogP contribution in [-0.2, 0) is 0 Å². The first-order valence-corrected chi connectivity index (χ1v) is 7.02. The van der Waals surface area contributed by atoms with Gasteiger partial charge in [0.05, 0.1) is 22.8 Å². The maximum absolute atomic E-state index is 12.8. The first-order valence-electron chi connectivity index (χ1n) is 7.02. The van der Waals surface area contributed by atoms with Crippen molar-refractivity contribution in [2.45, 2.75) is 20.8 Å². The van der Waals surface area contributed by atoms with Gasteiger partial charge >= 0.3 is 0 Å². The molecule has 0 N–H and O–H groups in total. The Balaban J connectivity index is 2.26. The monoisotopic (exact) mass is 289 g/mol. The Kier molecular flexibility index (Phi) is 3.26. The second kappa shape index (κ2) is 5.12. The van der Waals surface area contributed by atoms with Crippen molar-refractivity contribution in [3.8, 4) is 6.07 Å². The molecule has 3 rings (SSSR count). The van der Waals surface area contributed by atoms with Gasteiger partial charge in [-0.05, 0) is 32.4 Å². The number of aryl methyl sites for hydroxylation is 3. The summed E-state index contributed by atoms with van der Waals surface area (Å²) in [5.41, 5.74) is 5.00. The Morgan fingerprint density at radius 3 is 2.50 bits per heavy atom. The van der Waals surface area contributed by atoms with E-state index in [2.05, 4.69) is 11.2 Å². The molecule has 0 aliphatic carbocycles. The van der Waals surface area contributed by atoms with Crippen molar-refractivity contribution < 1.29 is 4.79 Å². The fourth-order valence-electron chi connectivity index (χ4n) is 2.66. The summed E-state index contributed by atoms with van der Waals surface area (Å²) in [6, 6.07) is 11.5. The number of fused-ring (bicyclic) bond motifs is 1. The number of rotatable bonds is 2. The van der Waals surface area contributed by atoms with Crippen LogP contribution in [-0.4, -0.2) is 15.4 Å². The Bertz CT molecular complexity index is 928. The molecule has 0 saturated carbocycles. The maximum atomic E-state index is 12.8. The molecule has 2 aromatic heterocycles. The fourth-order valence-corrected chi connectivity index (χ4v) is 2.66. The average Bonchev–Trinajstić information content (AvgIpc) is 2.93. The number of benzene rings is 1. The van der Waals surface area contributed by atoms with Crippen LogP contribution in [0.4, 0.5) is 0 Å². The molecule has 0 atom stereocenters. The lowest BCUT2D eigenvalue weighted by Crippen LogP contribution is -2.04. The molecule has 0 unspecified atom stereocenters. The predicted octanol–water partition coefficient (Wildman–Crippen LogP) is 3.36. The molecule has 22 heavy (non-hydrogen) atoms. The number of carbonyl (C=O) groups excluding carboxylic acids is 1. The third-order valence-corrected chi connectivity index (χ3v) is 3.83. The van der Waals surface area contributed by atoms with Crippen molar-refractivity contribution in [1.29, 1.82) is 5.26 Å². The van der Waals surface area contributed by atoms with Crippen LogP contribution in [0, 0.1) is 32.1 Å². The maximum Gasteiger partial charge on any atom is 0.196 e. The lowest BCUT2D eigenvalue weighted by Gasteiger charge is -2.06. The van der Waals surface area contributed by atoms with E-state index in [1.165, 1.54) is 0 Å². The summed E-state index contributed by atoms with van der Waals surface area (Å²) in [5.74, 6) is -0.114. The Labute approximate surface area is 128 Å². The van der Waals surface area contributed by atoms with Crippen LogP contribution in [0.2, 0.25) is 0 Å². The van der Waals surface area contributed by atoms with E-state index in [-0.39, 0.29) is 5.78 Å². The van der Waals surface area contributed by atoms with Gasteiger partial charge in [-0.1, -0.05) is 29.8 Å². The smallest absolute Gasteiger partial charge is 0.196 e. The number of hydrogen-bond acceptors (Lipinski definition) is 3. The third-order valence-electron chi connectivity index (χ3n) is 3.83. The normalized spacial score (nSPS) is 10.6. The minimum atomic E-state index is -0.114. The standard InChI is InChI=1S/C18H15N3O/c1-11-4-6-14(7-5-11)18(22)16-10-20-21-13(3)8-12(2)15(9-19)17(16)21/h4-8,10H,1-3H3. The van der Waals surface area contributed by atoms with Gasteiger partial charge in [0.2, 0.25) is 0 Å². The molecule has 1 aromatic carbocycles. The van der Waals surface area contributed by atoms with Crippen LogP contribution in [0.1, 0.15) is 38.3 Å². The molecule has 0 aliphatic heterocycles. The molecule has 0 radical (unpaired) electrons. The van der Waals surface area contributed by atoms with Crippen molar-refractivity contribution in [3.63, 3.8) is 0 Å². The number of pyridine rings is 1. The Morgan fingerprint density at radius 1 is 1.18 bits per heavy atom. The quantitative estimate of drug-likeness (QED) is 0.680. The van der Waals surface area contributed by atoms with Gasteiger partial charge in [0, 0.05) is 11.3 Å². The van der Waals surface area contributed by atoms with Crippen molar-refractivity contribution in [2.24, 2.45) is 0 Å². The number of aromatic nitrogens is 2. The van der Waals surface area contributed by atoms with Crippen LogP contribution in [0.3, 0.4) is 0 Å². The van der Waals surface area contributed by atoms with Crippen LogP contribution >= 0.6 is 0 Å². The summed E-state index contributed by atoms with van der Waals surface area (Å²) < 4.78 is 1.66. The van der Waals surface area contributed by atoms with Gasteiger partial charge in [0.1, 0.15) is 6.07 Å². The predicted molar refractivity (Wildman–Crippen MR) is 84.0 cm³/mol. The highest BCUT2D eigenvalue weighted by atomic mass is 16.1. The zero-order valence-electron chi connectivity index (χ0n) is 12.7. The van der Waals surface area contributed by atoms with E-state index in [9.17, 15) is 10.1 Å². The highest BCUT2D eigenvalue weighted by Crippen LogP contribution is 2.23. The van der Waals surface area contributed by atoms with Gasteiger partial charge in [-0.15, -0.1) is 0 Å². The summed E-state index contributed by atoms with van der Waals surface area (Å²) in [6.07, 6.45) is 1.55. The second-order valence-corrected chi connectivity index (χ2v) is 5.47. The van der Waals surface area contributed by atoms with E-state index in [1.54, 1.807) is 22.8 Å². The molecule has 0 fully saturated rings. The molecule has 0 amide bonds. The minimum absolute atomic E-state index is 0.114. The molecular formula is C18H15N3O. The van der Waals surface area contributed by atoms with Gasteiger partial charge in [0.25, 0.3) is 0 Å². The third kappa shape index (κ3) is 2.08. The van der Waals surface area contributed by atoms with Gasteiger partial charge in [-0.25, -0.2) is 4.52 Å². The van der Waals surface area contributed by atoms with E-state index in [0.717, 1.165) is 16.8 Å². The number of nitriles is 1. The largest absolute Gasteiger partial charge is 0.288 e. The Hall–Kier alpha value is -2.93. The van der Waals surface area contributed by atoms with E-state index >= 15 is 0 Å². The lowest BCUT2D eigenvalue weighted by molar-refractivity contribution is 0.104. The van der Waals surface area contributed by atoms with Crippen LogP contribution in [0.15, 0.2) is 36.5 Å². The topological polar surface area (TPSA) is 58.2 Å². The number of hydrogen-bond donors (Lipinski definition) is 0. The van der Waals surface area contributed by atoms with Gasteiger partial charge < -0.3 is 0 Å². The molecule has 0 bridgehead atoms. The summed E-state index contributed by atoms with van der Waals surface area (Å²) in [7, 11) is 0. The summed E-state index contributed by atoms with van der Waals surface area (Å²) in [5, 5.41) is 13.7. The zero-order valence-corrected chi connectivity index (χ0v) is 12.7. The number of ketones is 1. The van der Waals surface area contributed by atoms with Crippen LogP contribution in [0.25, 0.3) is 5.52 Å². The van der Waals surface area contributed by atoms with Crippen molar-refractivity contribution in [2.75, 3.05) is 0 Å². The molecule has 0 aliphatic rings. The van der Waals surface area contributed by atoms with E-state index in [0.29, 0.717) is 22.2 Å². The highest BCUT2D eigenvalue weighted by Gasteiger charge is 2.19. The van der Waals surface area contributed by atoms with Crippen molar-refractivity contribution >= 4 is 11.3 Å². The average molecular weight is 289 g/mol. The van der Waals surface area contributed by atoms with E-state index < -0.39 is 0 Å². The fraction of sp³-hybridized carbons (Fsp3) is 0.167. The van der Waals surface area contributed by atoms with Crippen molar-refractivity contribution in [1.82, 2.24) is 9.61 Å². The molecule has 108 valence electrons. The first-order chi connectivity index (χ1) is 10.5. The first kappa shape index (κ1) is 14.0. The molecule has 4 nitrogen and oxygen atoms in total. The van der Waals surface area contributed by atoms with Crippen molar-refractivity contribution in [3.05, 3.63) is 70.0 Å². The van der Waals surface area contributed by atoms with Gasteiger partial charge in [-0.3, -0.25) is 4.79 Å². The summed E-state index contributed by atoms with van der Waals surface area (Å²) >= 11 is 0. The van der Waals surface area contributed by atoms with Crippen LogP contribution < -0.4 is 0 Å². The molecular weight excluding hydrogens is 274 g/mol.